The second-order valence-electron chi connectivity index (χ2n) is 11.4. The van der Waals surface area contributed by atoms with Crippen molar-refractivity contribution < 1.29 is 14.7 Å². The lowest BCUT2D eigenvalue weighted by atomic mass is 9.77. The number of carbonyl (C=O) groups is 2. The lowest BCUT2D eigenvalue weighted by Gasteiger charge is -2.38. The molecule has 1 amide bonds. The Balaban J connectivity index is 1.25. The van der Waals surface area contributed by atoms with Gasteiger partial charge in [0.2, 0.25) is 5.82 Å². The van der Waals surface area contributed by atoms with Gasteiger partial charge in [-0.1, -0.05) is 6.07 Å². The van der Waals surface area contributed by atoms with E-state index in [1.807, 2.05) is 17.0 Å². The maximum atomic E-state index is 13.3. The molecule has 0 radical (unpaired) electrons. The van der Waals surface area contributed by atoms with Crippen LogP contribution in [0.2, 0.25) is 0 Å². The Kier molecular flexibility index (Phi) is 5.53. The van der Waals surface area contributed by atoms with Gasteiger partial charge in [0, 0.05) is 35.3 Å². The molecule has 3 atom stereocenters. The summed E-state index contributed by atoms with van der Waals surface area (Å²) in [5, 5.41) is 23.1. The number of amides is 1. The molecule has 4 aromatic rings. The second-order valence-corrected chi connectivity index (χ2v) is 11.4. The number of carbonyl (C=O) groups excluding carboxylic acids is 2. The van der Waals surface area contributed by atoms with E-state index in [2.05, 4.69) is 25.3 Å². The number of hydrogen-bond acceptors (Lipinski definition) is 9. The van der Waals surface area contributed by atoms with Crippen molar-refractivity contribution in [3.8, 4) is 11.1 Å². The highest BCUT2D eigenvalue weighted by Crippen LogP contribution is 2.45. The number of fused-ring (bicyclic) bond motifs is 3. The molecule has 1 aliphatic carbocycles. The Labute approximate surface area is 230 Å². The van der Waals surface area contributed by atoms with Crippen molar-refractivity contribution >= 4 is 23.2 Å². The molecule has 2 aliphatic heterocycles. The van der Waals surface area contributed by atoms with Crippen molar-refractivity contribution in [3.63, 3.8) is 0 Å². The maximum Gasteiger partial charge on any atom is 0.292 e. The molecule has 12 heteroatoms. The van der Waals surface area contributed by atoms with E-state index in [0.29, 0.717) is 41.3 Å². The predicted molar refractivity (Wildman–Crippen MR) is 144 cm³/mol. The number of anilines is 1. The lowest BCUT2D eigenvalue weighted by molar-refractivity contribution is -0.0426. The van der Waals surface area contributed by atoms with Crippen LogP contribution in [0.5, 0.6) is 0 Å². The number of H-pyrrole nitrogens is 1. The summed E-state index contributed by atoms with van der Waals surface area (Å²) in [6.07, 6.45) is 8.97. The zero-order valence-electron chi connectivity index (χ0n) is 22.5. The average Bonchev–Trinajstić information content (AvgIpc) is 3.62. The second kappa shape index (κ2) is 8.91. The predicted octanol–water partition coefficient (Wildman–Crippen LogP) is 2.92. The average molecular weight is 542 g/mol. The highest BCUT2D eigenvalue weighted by Gasteiger charge is 2.46. The fourth-order valence-electron chi connectivity index (χ4n) is 6.79. The van der Waals surface area contributed by atoms with E-state index in [-0.39, 0.29) is 41.3 Å². The van der Waals surface area contributed by atoms with E-state index in [1.54, 1.807) is 19.3 Å². The quantitative estimate of drug-likeness (QED) is 0.322. The van der Waals surface area contributed by atoms with Crippen molar-refractivity contribution in [1.29, 1.82) is 0 Å². The van der Waals surface area contributed by atoms with Gasteiger partial charge < -0.3 is 20.7 Å². The number of piperidine rings is 1. The minimum atomic E-state index is -0.840. The first-order valence-corrected chi connectivity index (χ1v) is 13.8. The van der Waals surface area contributed by atoms with Gasteiger partial charge in [-0.05, 0) is 64.9 Å². The third-order valence-corrected chi connectivity index (χ3v) is 8.95. The molecule has 12 nitrogen and oxygen atoms in total. The van der Waals surface area contributed by atoms with Crippen LogP contribution in [0.3, 0.4) is 0 Å². The zero-order valence-corrected chi connectivity index (χ0v) is 22.5. The summed E-state index contributed by atoms with van der Waals surface area (Å²) in [6, 6.07) is 3.80. The maximum absolute atomic E-state index is 13.3. The van der Waals surface area contributed by atoms with E-state index in [4.69, 9.17) is 10.7 Å². The van der Waals surface area contributed by atoms with Gasteiger partial charge in [0.1, 0.15) is 17.2 Å². The van der Waals surface area contributed by atoms with Crippen molar-refractivity contribution in [3.05, 3.63) is 53.1 Å². The monoisotopic (exact) mass is 541 g/mol. The number of aromatic nitrogens is 7. The van der Waals surface area contributed by atoms with Crippen LogP contribution in [-0.4, -0.2) is 68.5 Å². The Bertz CT molecular complexity index is 1640. The molecule has 4 N–H and O–H groups in total. The van der Waals surface area contributed by atoms with Crippen molar-refractivity contribution in [2.75, 3.05) is 5.73 Å². The van der Waals surface area contributed by atoms with Crippen molar-refractivity contribution in [2.45, 2.75) is 82.4 Å². The number of aryl methyl sites for hydroxylation is 1. The zero-order chi connectivity index (χ0) is 27.8. The van der Waals surface area contributed by atoms with Gasteiger partial charge in [-0.15, -0.1) is 10.2 Å². The number of Topliss-reactive ketones (excluding diaryl/α,β-unsaturated/α-hetero) is 1. The Morgan fingerprint density at radius 2 is 1.88 bits per heavy atom. The molecule has 0 unspecified atom stereocenters. The first-order valence-electron chi connectivity index (χ1n) is 13.8. The summed E-state index contributed by atoms with van der Waals surface area (Å²) in [7, 11) is 0. The van der Waals surface area contributed by atoms with Gasteiger partial charge in [0.05, 0.1) is 23.1 Å². The van der Waals surface area contributed by atoms with Crippen LogP contribution in [0.15, 0.2) is 24.5 Å². The normalized spacial score (nSPS) is 23.4. The smallest absolute Gasteiger partial charge is 0.292 e. The van der Waals surface area contributed by atoms with Crippen LogP contribution in [-0.2, 0) is 5.60 Å². The highest BCUT2D eigenvalue weighted by molar-refractivity contribution is 6.00. The van der Waals surface area contributed by atoms with Crippen LogP contribution < -0.4 is 5.73 Å². The van der Waals surface area contributed by atoms with Gasteiger partial charge in [0.15, 0.2) is 11.4 Å². The third kappa shape index (κ3) is 3.73. The third-order valence-electron chi connectivity index (χ3n) is 8.95. The number of nitrogens with two attached hydrogens (primary N) is 1. The molecule has 40 heavy (non-hydrogen) atoms. The molecular weight excluding hydrogens is 510 g/mol. The molecule has 206 valence electrons. The van der Waals surface area contributed by atoms with Crippen LogP contribution in [0, 0.1) is 6.92 Å². The first-order chi connectivity index (χ1) is 19.2. The van der Waals surface area contributed by atoms with Gasteiger partial charge in [-0.25, -0.2) is 4.98 Å². The topological polar surface area (TPSA) is 168 Å². The molecule has 2 bridgehead atoms. The van der Waals surface area contributed by atoms with Crippen LogP contribution in [0.25, 0.3) is 16.8 Å². The fourth-order valence-corrected chi connectivity index (χ4v) is 6.79. The molecule has 4 aromatic heterocycles. The molecule has 6 heterocycles. The molecule has 1 saturated carbocycles. The number of nitrogen functional groups attached to an aromatic ring is 1. The minimum Gasteiger partial charge on any atom is -0.384 e. The minimum absolute atomic E-state index is 0.0131. The number of hydrogen-bond donors (Lipinski definition) is 3. The van der Waals surface area contributed by atoms with E-state index >= 15 is 0 Å². The summed E-state index contributed by atoms with van der Waals surface area (Å²) in [5.74, 6) is 0.776. The van der Waals surface area contributed by atoms with E-state index < -0.39 is 5.60 Å². The number of nitrogens with zero attached hydrogens (tertiary/aromatic N) is 7. The number of ketones is 1. The molecular formula is C28H31N9O3. The number of aromatic amines is 1. The lowest BCUT2D eigenvalue weighted by Crippen LogP contribution is -2.46. The number of pyridine rings is 1. The summed E-state index contributed by atoms with van der Waals surface area (Å²) in [5.41, 5.74) is 9.55. The summed E-state index contributed by atoms with van der Waals surface area (Å²) >= 11 is 0. The van der Waals surface area contributed by atoms with Gasteiger partial charge >= 0.3 is 0 Å². The van der Waals surface area contributed by atoms with Crippen molar-refractivity contribution in [2.24, 2.45) is 0 Å². The van der Waals surface area contributed by atoms with E-state index in [9.17, 15) is 14.7 Å². The number of nitrogens with one attached hydrogen (secondary N) is 1. The number of rotatable bonds is 5. The summed E-state index contributed by atoms with van der Waals surface area (Å²) in [6.45, 7) is 3.27. The standard InChI is InChI=1S/C28H31N9O3/c1-14(38)22-23(17-10-18-5-6-19(11-17)36(18)27(39)25-32-15(2)34-35-25)33-26-20(13-31-37(26)24(22)29)16-4-7-21(30-12-16)28(40)8-3-9-28/h4,7,12-13,17-19,40H,3,5-6,8-11,29H2,1-2H3,(H,32,34,35)/t17-,18-,19+. The van der Waals surface area contributed by atoms with Gasteiger partial charge in [-0.3, -0.25) is 14.6 Å². The Morgan fingerprint density at radius 3 is 2.45 bits per heavy atom. The summed E-state index contributed by atoms with van der Waals surface area (Å²) < 4.78 is 1.52. The highest BCUT2D eigenvalue weighted by atomic mass is 16.3. The fraction of sp³-hybridized carbons (Fsp3) is 0.464. The van der Waals surface area contributed by atoms with Crippen LogP contribution in [0.1, 0.15) is 96.0 Å². The first kappa shape index (κ1) is 24.8. The molecule has 0 spiro atoms. The molecule has 3 fully saturated rings. The van der Waals surface area contributed by atoms with Crippen molar-refractivity contribution in [1.82, 2.24) is 39.7 Å². The summed E-state index contributed by atoms with van der Waals surface area (Å²) in [4.78, 5) is 40.6. The van der Waals surface area contributed by atoms with E-state index in [0.717, 1.165) is 43.2 Å². The van der Waals surface area contributed by atoms with Crippen LogP contribution in [0.4, 0.5) is 5.82 Å². The van der Waals surface area contributed by atoms with Gasteiger partial charge in [-0.2, -0.15) is 9.61 Å². The molecule has 3 aliphatic rings. The number of aliphatic hydroxyl groups is 1. The van der Waals surface area contributed by atoms with Crippen LogP contribution >= 0.6 is 0 Å². The molecule has 2 saturated heterocycles. The SMILES string of the molecule is CC(=O)c1c([C@@H]2C[C@H]3CC[C@@H](C2)N3C(=O)c2nnc(C)[nH]2)nc2c(-c3ccc(C4(O)CCC4)nc3)cnn2c1N. The molecule has 7 rings (SSSR count). The van der Waals surface area contributed by atoms with Gasteiger partial charge in [0.25, 0.3) is 5.91 Å². The molecule has 0 aromatic carbocycles. The van der Waals surface area contributed by atoms with E-state index in [1.165, 1.54) is 11.4 Å². The Hall–Kier alpha value is -4.19. The largest absolute Gasteiger partial charge is 0.384 e. The Morgan fingerprint density at radius 1 is 1.12 bits per heavy atom.